The first-order chi connectivity index (χ1) is 9.84. The van der Waals surface area contributed by atoms with Gasteiger partial charge in [-0.15, -0.1) is 0 Å². The third-order valence-corrected chi connectivity index (χ3v) is 3.72. The van der Waals surface area contributed by atoms with E-state index in [4.69, 9.17) is 0 Å². The van der Waals surface area contributed by atoms with Gasteiger partial charge in [0.05, 0.1) is 5.55 Å². The number of nitrogens with one attached hydrogen (secondary N) is 1. The fraction of sp³-hybridized carbons (Fsp3) is 0.0714. The summed E-state index contributed by atoms with van der Waals surface area (Å²) in [6, 6.07) is 14.9. The molecule has 0 saturated carbocycles. The molecule has 20 heavy (non-hydrogen) atoms. The molecule has 2 heterocycles. The van der Waals surface area contributed by atoms with Gasteiger partial charge in [-0.25, -0.2) is 9.78 Å². The lowest BCUT2D eigenvalue weighted by Crippen LogP contribution is -2.30. The SMILES string of the molecule is O=C(Nc1ccccn1)N1N=CSC1c1ccccc1. The van der Waals surface area contributed by atoms with Crippen LogP contribution in [0, 0.1) is 0 Å². The molecule has 1 aromatic heterocycles. The van der Waals surface area contributed by atoms with E-state index in [2.05, 4.69) is 15.4 Å². The predicted molar refractivity (Wildman–Crippen MR) is 80.4 cm³/mol. The number of anilines is 1. The standard InChI is InChI=1S/C14H12N4OS/c19-14(17-12-8-4-5-9-15-12)18-13(20-10-16-18)11-6-2-1-3-7-11/h1-10,13H,(H,15,17,19). The first-order valence-corrected chi connectivity index (χ1v) is 7.03. The van der Waals surface area contributed by atoms with Gasteiger partial charge >= 0.3 is 6.03 Å². The lowest BCUT2D eigenvalue weighted by atomic mass is 10.2. The number of carbonyl (C=O) groups is 1. The molecule has 1 unspecified atom stereocenters. The molecule has 3 rings (SSSR count). The van der Waals surface area contributed by atoms with Crippen LogP contribution < -0.4 is 5.32 Å². The highest BCUT2D eigenvalue weighted by Gasteiger charge is 2.29. The molecule has 5 nitrogen and oxygen atoms in total. The van der Waals surface area contributed by atoms with Crippen molar-refractivity contribution in [1.29, 1.82) is 0 Å². The van der Waals surface area contributed by atoms with E-state index in [0.29, 0.717) is 5.82 Å². The second kappa shape index (κ2) is 5.75. The van der Waals surface area contributed by atoms with Crippen LogP contribution in [0.1, 0.15) is 10.9 Å². The molecule has 2 aromatic rings. The number of aromatic nitrogens is 1. The Morgan fingerprint density at radius 1 is 1.15 bits per heavy atom. The zero-order valence-corrected chi connectivity index (χ0v) is 11.3. The molecule has 2 amide bonds. The number of nitrogens with zero attached hydrogens (tertiary/aromatic N) is 3. The molecule has 0 spiro atoms. The molecule has 1 aliphatic rings. The molecule has 0 bridgehead atoms. The maximum absolute atomic E-state index is 12.2. The minimum atomic E-state index is -0.293. The van der Waals surface area contributed by atoms with Crippen molar-refractivity contribution in [1.82, 2.24) is 9.99 Å². The zero-order chi connectivity index (χ0) is 13.8. The number of hydrogen-bond donors (Lipinski definition) is 1. The average molecular weight is 284 g/mol. The fourth-order valence-electron chi connectivity index (χ4n) is 1.85. The molecule has 0 aliphatic carbocycles. The second-order valence-electron chi connectivity index (χ2n) is 4.11. The smallest absolute Gasteiger partial charge is 0.291 e. The van der Waals surface area contributed by atoms with Gasteiger partial charge < -0.3 is 0 Å². The topological polar surface area (TPSA) is 57.6 Å². The molecule has 1 atom stereocenters. The molecular weight excluding hydrogens is 272 g/mol. The highest BCUT2D eigenvalue weighted by molar-refractivity contribution is 8.12. The number of pyridine rings is 1. The van der Waals surface area contributed by atoms with E-state index < -0.39 is 0 Å². The second-order valence-corrected chi connectivity index (χ2v) is 5.04. The zero-order valence-electron chi connectivity index (χ0n) is 10.5. The Labute approximate surface area is 120 Å². The van der Waals surface area contributed by atoms with Crippen molar-refractivity contribution < 1.29 is 4.79 Å². The number of amides is 2. The van der Waals surface area contributed by atoms with Gasteiger partial charge in [0.2, 0.25) is 0 Å². The van der Waals surface area contributed by atoms with Crippen LogP contribution in [0.4, 0.5) is 10.6 Å². The Hall–Kier alpha value is -2.34. The molecule has 6 heteroatoms. The van der Waals surface area contributed by atoms with Gasteiger partial charge in [0.1, 0.15) is 11.2 Å². The van der Waals surface area contributed by atoms with Crippen molar-refractivity contribution in [2.75, 3.05) is 5.32 Å². The maximum Gasteiger partial charge on any atom is 0.344 e. The highest BCUT2D eigenvalue weighted by atomic mass is 32.2. The first-order valence-electron chi connectivity index (χ1n) is 6.09. The van der Waals surface area contributed by atoms with Gasteiger partial charge in [-0.1, -0.05) is 48.2 Å². The normalized spacial score (nSPS) is 17.2. The predicted octanol–water partition coefficient (Wildman–Crippen LogP) is 3.30. The Morgan fingerprint density at radius 3 is 2.70 bits per heavy atom. The van der Waals surface area contributed by atoms with Crippen LogP contribution >= 0.6 is 11.8 Å². The fourth-order valence-corrected chi connectivity index (χ4v) is 2.70. The van der Waals surface area contributed by atoms with E-state index in [1.54, 1.807) is 23.9 Å². The van der Waals surface area contributed by atoms with Crippen LogP contribution in [0.5, 0.6) is 0 Å². The van der Waals surface area contributed by atoms with E-state index in [0.717, 1.165) is 5.56 Å². The number of rotatable bonds is 2. The Kier molecular flexibility index (Phi) is 3.64. The Morgan fingerprint density at radius 2 is 1.95 bits per heavy atom. The van der Waals surface area contributed by atoms with Crippen LogP contribution in [0.25, 0.3) is 0 Å². The number of thioether (sulfide) groups is 1. The van der Waals surface area contributed by atoms with Gasteiger partial charge in [-0.05, 0) is 17.7 Å². The van der Waals surface area contributed by atoms with Crippen LogP contribution in [-0.2, 0) is 0 Å². The van der Waals surface area contributed by atoms with Crippen molar-refractivity contribution >= 4 is 29.2 Å². The summed E-state index contributed by atoms with van der Waals surface area (Å²) in [5, 5.41) is 8.14. The molecule has 0 saturated heterocycles. The third-order valence-electron chi connectivity index (χ3n) is 2.78. The minimum Gasteiger partial charge on any atom is -0.291 e. The quantitative estimate of drug-likeness (QED) is 0.920. The minimum absolute atomic E-state index is 0.139. The Bertz CT molecular complexity index is 618. The number of benzene rings is 1. The summed E-state index contributed by atoms with van der Waals surface area (Å²) < 4.78 is 0. The summed E-state index contributed by atoms with van der Waals surface area (Å²) in [5.41, 5.74) is 2.71. The van der Waals surface area contributed by atoms with Gasteiger partial charge in [0.15, 0.2) is 0 Å². The van der Waals surface area contributed by atoms with Crippen LogP contribution in [0.15, 0.2) is 59.8 Å². The van der Waals surface area contributed by atoms with Crippen molar-refractivity contribution in [2.45, 2.75) is 5.37 Å². The highest BCUT2D eigenvalue weighted by Crippen LogP contribution is 2.36. The largest absolute Gasteiger partial charge is 0.344 e. The third kappa shape index (κ3) is 2.65. The summed E-state index contributed by atoms with van der Waals surface area (Å²) in [4.78, 5) is 16.3. The molecular formula is C14H12N4OS. The monoisotopic (exact) mass is 284 g/mol. The molecule has 1 aliphatic heterocycles. The molecule has 0 fully saturated rings. The van der Waals surface area contributed by atoms with Gasteiger partial charge in [-0.3, -0.25) is 5.32 Å². The van der Waals surface area contributed by atoms with Crippen molar-refractivity contribution in [3.05, 3.63) is 60.3 Å². The lowest BCUT2D eigenvalue weighted by molar-refractivity contribution is 0.212. The Balaban J connectivity index is 1.75. The van der Waals surface area contributed by atoms with Crippen molar-refractivity contribution in [3.63, 3.8) is 0 Å². The van der Waals surface area contributed by atoms with E-state index >= 15 is 0 Å². The molecule has 100 valence electrons. The van der Waals surface area contributed by atoms with E-state index in [9.17, 15) is 4.79 Å². The summed E-state index contributed by atoms with van der Waals surface area (Å²) in [7, 11) is 0. The number of carbonyl (C=O) groups excluding carboxylic acids is 1. The van der Waals surface area contributed by atoms with Crippen LogP contribution in [0.2, 0.25) is 0 Å². The van der Waals surface area contributed by atoms with Crippen molar-refractivity contribution in [3.8, 4) is 0 Å². The number of hydrogen-bond acceptors (Lipinski definition) is 4. The van der Waals surface area contributed by atoms with Gasteiger partial charge in [0.25, 0.3) is 0 Å². The first kappa shape index (κ1) is 12.7. The summed E-state index contributed by atoms with van der Waals surface area (Å²) in [6.45, 7) is 0. The van der Waals surface area contributed by atoms with Crippen LogP contribution in [-0.4, -0.2) is 21.6 Å². The van der Waals surface area contributed by atoms with E-state index in [-0.39, 0.29) is 11.4 Å². The summed E-state index contributed by atoms with van der Waals surface area (Å²) in [6.07, 6.45) is 1.63. The maximum atomic E-state index is 12.2. The van der Waals surface area contributed by atoms with E-state index in [1.807, 2.05) is 36.4 Å². The van der Waals surface area contributed by atoms with Crippen molar-refractivity contribution in [2.24, 2.45) is 5.10 Å². The molecule has 0 radical (unpaired) electrons. The lowest BCUT2D eigenvalue weighted by Gasteiger charge is -2.21. The van der Waals surface area contributed by atoms with Crippen LogP contribution in [0.3, 0.4) is 0 Å². The average Bonchev–Trinajstić information content (AvgIpc) is 2.99. The van der Waals surface area contributed by atoms with Gasteiger partial charge in [-0.2, -0.15) is 10.1 Å². The molecule has 1 N–H and O–H groups in total. The number of hydrazone groups is 1. The summed E-state index contributed by atoms with van der Waals surface area (Å²) in [5.74, 6) is 0.511. The summed E-state index contributed by atoms with van der Waals surface area (Å²) >= 11 is 1.50. The number of urea groups is 1. The van der Waals surface area contributed by atoms with E-state index in [1.165, 1.54) is 16.8 Å². The van der Waals surface area contributed by atoms with Gasteiger partial charge in [0, 0.05) is 6.20 Å². The molecule has 1 aromatic carbocycles.